The van der Waals surface area contributed by atoms with Crippen molar-refractivity contribution in [2.45, 2.75) is 25.4 Å². The van der Waals surface area contributed by atoms with Crippen molar-refractivity contribution >= 4 is 5.69 Å². The Hall–Kier alpha value is -1.26. The average Bonchev–Trinajstić information content (AvgIpc) is 2.40. The summed E-state index contributed by atoms with van der Waals surface area (Å²) in [5.41, 5.74) is 1.13. The molecule has 1 aliphatic heterocycles. The Kier molecular flexibility index (Phi) is 4.84. The highest BCUT2D eigenvalue weighted by Crippen LogP contribution is 2.17. The predicted molar refractivity (Wildman–Crippen MR) is 73.3 cm³/mol. The molecular formula is C14H22N2O2. The van der Waals surface area contributed by atoms with Gasteiger partial charge in [-0.05, 0) is 37.6 Å². The van der Waals surface area contributed by atoms with Gasteiger partial charge < -0.3 is 20.1 Å². The first-order valence-corrected chi connectivity index (χ1v) is 6.49. The minimum absolute atomic E-state index is 0.414. The Morgan fingerprint density at radius 3 is 2.83 bits per heavy atom. The Labute approximate surface area is 109 Å². The molecule has 2 atom stereocenters. The molecule has 1 fully saturated rings. The topological polar surface area (TPSA) is 42.5 Å². The van der Waals surface area contributed by atoms with Crippen molar-refractivity contribution in [3.63, 3.8) is 0 Å². The van der Waals surface area contributed by atoms with E-state index >= 15 is 0 Å². The van der Waals surface area contributed by atoms with E-state index in [-0.39, 0.29) is 0 Å². The van der Waals surface area contributed by atoms with Gasteiger partial charge in [-0.2, -0.15) is 0 Å². The number of hydrogen-bond donors (Lipinski definition) is 2. The van der Waals surface area contributed by atoms with E-state index in [1.165, 1.54) is 0 Å². The van der Waals surface area contributed by atoms with E-state index < -0.39 is 0 Å². The van der Waals surface area contributed by atoms with E-state index in [1.807, 2.05) is 24.3 Å². The predicted octanol–water partition coefficient (Wildman–Crippen LogP) is 1.87. The Bertz CT molecular complexity index is 347. The molecule has 0 saturated carbocycles. The van der Waals surface area contributed by atoms with Crippen LogP contribution in [0.3, 0.4) is 0 Å². The standard InChI is InChI=1S/C14H22N2O2/c1-11(9-13-10-18-8-7-15-13)16-12-3-5-14(17-2)6-4-12/h3-6,11,13,15-16H,7-10H2,1-2H3. The van der Waals surface area contributed by atoms with Gasteiger partial charge in [0.15, 0.2) is 0 Å². The molecule has 4 heteroatoms. The largest absolute Gasteiger partial charge is 0.497 e. The molecule has 1 saturated heterocycles. The second kappa shape index (κ2) is 6.61. The summed E-state index contributed by atoms with van der Waals surface area (Å²) in [6.07, 6.45) is 1.06. The number of rotatable bonds is 5. The Balaban J connectivity index is 1.80. The lowest BCUT2D eigenvalue weighted by atomic mass is 10.1. The fraction of sp³-hybridized carbons (Fsp3) is 0.571. The van der Waals surface area contributed by atoms with Gasteiger partial charge in [-0.3, -0.25) is 0 Å². The SMILES string of the molecule is COc1ccc(NC(C)CC2COCCN2)cc1. The number of benzene rings is 1. The normalized spacial score (nSPS) is 21.3. The third kappa shape index (κ3) is 3.89. The molecule has 0 aromatic heterocycles. The summed E-state index contributed by atoms with van der Waals surface area (Å²) in [6.45, 7) is 4.80. The smallest absolute Gasteiger partial charge is 0.119 e. The highest BCUT2D eigenvalue weighted by molar-refractivity contribution is 5.46. The van der Waals surface area contributed by atoms with Crippen molar-refractivity contribution in [1.82, 2.24) is 5.32 Å². The lowest BCUT2D eigenvalue weighted by molar-refractivity contribution is 0.0731. The van der Waals surface area contributed by atoms with Crippen molar-refractivity contribution in [1.29, 1.82) is 0 Å². The maximum atomic E-state index is 5.46. The maximum absolute atomic E-state index is 5.46. The molecule has 1 aromatic carbocycles. The first-order valence-electron chi connectivity index (χ1n) is 6.49. The van der Waals surface area contributed by atoms with Gasteiger partial charge in [-0.1, -0.05) is 0 Å². The molecule has 2 N–H and O–H groups in total. The third-order valence-electron chi connectivity index (χ3n) is 3.14. The van der Waals surface area contributed by atoms with Gasteiger partial charge in [0.05, 0.1) is 20.3 Å². The summed E-state index contributed by atoms with van der Waals surface area (Å²) in [7, 11) is 1.68. The molecule has 1 aliphatic rings. The van der Waals surface area contributed by atoms with Crippen LogP contribution in [0.5, 0.6) is 5.75 Å². The first kappa shape index (κ1) is 13.2. The zero-order valence-corrected chi connectivity index (χ0v) is 11.1. The van der Waals surface area contributed by atoms with Crippen molar-refractivity contribution in [2.24, 2.45) is 0 Å². The molecule has 2 rings (SSSR count). The number of methoxy groups -OCH3 is 1. The van der Waals surface area contributed by atoms with Crippen molar-refractivity contribution < 1.29 is 9.47 Å². The highest BCUT2D eigenvalue weighted by Gasteiger charge is 2.15. The van der Waals surface area contributed by atoms with E-state index in [0.717, 1.165) is 37.6 Å². The van der Waals surface area contributed by atoms with Gasteiger partial charge in [0.1, 0.15) is 5.75 Å². The molecule has 0 radical (unpaired) electrons. The van der Waals surface area contributed by atoms with Crippen LogP contribution >= 0.6 is 0 Å². The minimum Gasteiger partial charge on any atom is -0.497 e. The van der Waals surface area contributed by atoms with Gasteiger partial charge in [0.2, 0.25) is 0 Å². The average molecular weight is 250 g/mol. The molecule has 0 amide bonds. The van der Waals surface area contributed by atoms with Gasteiger partial charge in [0.25, 0.3) is 0 Å². The lowest BCUT2D eigenvalue weighted by Gasteiger charge is -2.27. The van der Waals surface area contributed by atoms with Crippen LogP contribution in [0.4, 0.5) is 5.69 Å². The lowest BCUT2D eigenvalue weighted by Crippen LogP contribution is -2.43. The van der Waals surface area contributed by atoms with E-state index in [9.17, 15) is 0 Å². The van der Waals surface area contributed by atoms with E-state index in [4.69, 9.17) is 9.47 Å². The fourth-order valence-electron chi connectivity index (χ4n) is 2.23. The molecule has 100 valence electrons. The van der Waals surface area contributed by atoms with Crippen LogP contribution < -0.4 is 15.4 Å². The molecule has 0 aliphatic carbocycles. The number of nitrogens with one attached hydrogen (secondary N) is 2. The minimum atomic E-state index is 0.414. The fourth-order valence-corrected chi connectivity index (χ4v) is 2.23. The summed E-state index contributed by atoms with van der Waals surface area (Å²) in [5, 5.41) is 6.96. The molecule has 1 aromatic rings. The van der Waals surface area contributed by atoms with Crippen LogP contribution in [0.15, 0.2) is 24.3 Å². The van der Waals surface area contributed by atoms with Gasteiger partial charge in [0, 0.05) is 24.3 Å². The maximum Gasteiger partial charge on any atom is 0.119 e. The van der Waals surface area contributed by atoms with Crippen LogP contribution in [-0.4, -0.2) is 39.0 Å². The molecule has 0 bridgehead atoms. The second-order valence-electron chi connectivity index (χ2n) is 4.74. The molecule has 0 spiro atoms. The van der Waals surface area contributed by atoms with Crippen molar-refractivity contribution in [3.8, 4) is 5.75 Å². The number of morpholine rings is 1. The van der Waals surface area contributed by atoms with E-state index in [2.05, 4.69) is 17.6 Å². The van der Waals surface area contributed by atoms with Gasteiger partial charge in [-0.15, -0.1) is 0 Å². The summed E-state index contributed by atoms with van der Waals surface area (Å²) in [6, 6.07) is 8.89. The first-order chi connectivity index (χ1) is 8.78. The Morgan fingerprint density at radius 1 is 1.44 bits per heavy atom. The second-order valence-corrected chi connectivity index (χ2v) is 4.74. The highest BCUT2D eigenvalue weighted by atomic mass is 16.5. The molecule has 18 heavy (non-hydrogen) atoms. The monoisotopic (exact) mass is 250 g/mol. The van der Waals surface area contributed by atoms with Crippen LogP contribution in [0.25, 0.3) is 0 Å². The van der Waals surface area contributed by atoms with Gasteiger partial charge >= 0.3 is 0 Å². The number of hydrogen-bond acceptors (Lipinski definition) is 4. The van der Waals surface area contributed by atoms with E-state index in [1.54, 1.807) is 7.11 Å². The van der Waals surface area contributed by atoms with Crippen LogP contribution in [-0.2, 0) is 4.74 Å². The zero-order chi connectivity index (χ0) is 12.8. The summed E-state index contributed by atoms with van der Waals surface area (Å²) in [4.78, 5) is 0. The third-order valence-corrected chi connectivity index (χ3v) is 3.14. The molecular weight excluding hydrogens is 228 g/mol. The molecule has 2 unspecified atom stereocenters. The van der Waals surface area contributed by atoms with Crippen LogP contribution in [0, 0.1) is 0 Å². The van der Waals surface area contributed by atoms with Crippen LogP contribution in [0.2, 0.25) is 0 Å². The quantitative estimate of drug-likeness (QED) is 0.837. The summed E-state index contributed by atoms with van der Waals surface area (Å²) in [5.74, 6) is 0.885. The summed E-state index contributed by atoms with van der Waals surface area (Å²) >= 11 is 0. The van der Waals surface area contributed by atoms with Crippen molar-refractivity contribution in [3.05, 3.63) is 24.3 Å². The molecule has 4 nitrogen and oxygen atoms in total. The number of anilines is 1. The van der Waals surface area contributed by atoms with E-state index in [0.29, 0.717) is 12.1 Å². The Morgan fingerprint density at radius 2 is 2.22 bits per heavy atom. The van der Waals surface area contributed by atoms with Crippen molar-refractivity contribution in [2.75, 3.05) is 32.2 Å². The summed E-state index contributed by atoms with van der Waals surface area (Å²) < 4.78 is 10.6. The molecule has 1 heterocycles. The van der Waals surface area contributed by atoms with Crippen LogP contribution in [0.1, 0.15) is 13.3 Å². The zero-order valence-electron chi connectivity index (χ0n) is 11.1. The number of ether oxygens (including phenoxy) is 2. The van der Waals surface area contributed by atoms with Gasteiger partial charge in [-0.25, -0.2) is 0 Å².